The minimum absolute atomic E-state index is 0.206. The first-order chi connectivity index (χ1) is 10.2. The number of amides is 1. The van der Waals surface area contributed by atoms with Crippen LogP contribution in [0.4, 0.5) is 0 Å². The summed E-state index contributed by atoms with van der Waals surface area (Å²) in [6.45, 7) is 0. The number of hydrogen-bond acceptors (Lipinski definition) is 3. The zero-order valence-electron chi connectivity index (χ0n) is 11.1. The van der Waals surface area contributed by atoms with Gasteiger partial charge in [0.1, 0.15) is 5.69 Å². The van der Waals surface area contributed by atoms with E-state index in [0.717, 1.165) is 10.9 Å². The van der Waals surface area contributed by atoms with Crippen molar-refractivity contribution in [2.45, 2.75) is 0 Å². The molecule has 0 aliphatic rings. The highest BCUT2D eigenvalue weighted by molar-refractivity contribution is 6.14. The van der Waals surface area contributed by atoms with Gasteiger partial charge in [-0.3, -0.25) is 9.59 Å². The number of para-hydroxylation sites is 1. The van der Waals surface area contributed by atoms with Crippen molar-refractivity contribution in [1.29, 1.82) is 0 Å². The van der Waals surface area contributed by atoms with Gasteiger partial charge in [0.25, 0.3) is 0 Å². The highest BCUT2D eigenvalue weighted by Gasteiger charge is 2.17. The Morgan fingerprint density at radius 1 is 0.810 bits per heavy atom. The lowest BCUT2D eigenvalue weighted by Gasteiger charge is -2.06. The molecule has 3 rings (SSSR count). The molecule has 21 heavy (non-hydrogen) atoms. The van der Waals surface area contributed by atoms with Crippen molar-refractivity contribution < 1.29 is 9.59 Å². The maximum Gasteiger partial charge on any atom is 0.249 e. The van der Waals surface area contributed by atoms with E-state index in [4.69, 9.17) is 5.73 Å². The third kappa shape index (κ3) is 2.39. The van der Waals surface area contributed by atoms with Gasteiger partial charge in [0.15, 0.2) is 0 Å². The summed E-state index contributed by atoms with van der Waals surface area (Å²) in [6, 6.07) is 17.5. The summed E-state index contributed by atoms with van der Waals surface area (Å²) in [5.74, 6) is -0.935. The first kappa shape index (κ1) is 13.0. The average molecular weight is 276 g/mol. The number of carbonyl (C=O) groups is 2. The first-order valence-electron chi connectivity index (χ1n) is 6.46. The van der Waals surface area contributed by atoms with Crippen LogP contribution in [-0.4, -0.2) is 16.7 Å². The first-order valence-corrected chi connectivity index (χ1v) is 6.46. The second-order valence-electron chi connectivity index (χ2n) is 4.63. The molecule has 2 N–H and O–H groups in total. The predicted octanol–water partition coefficient (Wildman–Crippen LogP) is 2.56. The third-order valence-electron chi connectivity index (χ3n) is 3.27. The van der Waals surface area contributed by atoms with Gasteiger partial charge in [0, 0.05) is 10.9 Å². The van der Waals surface area contributed by atoms with E-state index in [1.807, 2.05) is 30.3 Å². The SMILES string of the molecule is NC(=O)c1ccccc1C(=O)c1ccc2ccccc2n1. The number of hydrogen-bond donors (Lipinski definition) is 1. The van der Waals surface area contributed by atoms with Crippen LogP contribution in [0.1, 0.15) is 26.4 Å². The van der Waals surface area contributed by atoms with Gasteiger partial charge in [-0.25, -0.2) is 4.98 Å². The van der Waals surface area contributed by atoms with Crippen molar-refractivity contribution in [1.82, 2.24) is 4.98 Å². The van der Waals surface area contributed by atoms with Gasteiger partial charge in [0.2, 0.25) is 11.7 Å². The predicted molar refractivity (Wildman–Crippen MR) is 80.1 cm³/mol. The fraction of sp³-hybridized carbons (Fsp3) is 0. The normalized spacial score (nSPS) is 10.5. The molecule has 3 aromatic rings. The molecule has 2 aromatic carbocycles. The molecule has 1 heterocycles. The number of rotatable bonds is 3. The van der Waals surface area contributed by atoms with Crippen LogP contribution in [0.5, 0.6) is 0 Å². The lowest BCUT2D eigenvalue weighted by atomic mass is 10.0. The molecule has 0 radical (unpaired) electrons. The van der Waals surface area contributed by atoms with Crippen LogP contribution < -0.4 is 5.73 Å². The molecule has 4 nitrogen and oxygen atoms in total. The molecule has 0 unspecified atom stereocenters. The second-order valence-corrected chi connectivity index (χ2v) is 4.63. The number of pyridine rings is 1. The maximum atomic E-state index is 12.5. The monoisotopic (exact) mass is 276 g/mol. The zero-order chi connectivity index (χ0) is 14.8. The molecule has 0 aliphatic carbocycles. The molecule has 1 aromatic heterocycles. The molecule has 4 heteroatoms. The Hall–Kier alpha value is -3.01. The van der Waals surface area contributed by atoms with Crippen LogP contribution in [0.25, 0.3) is 10.9 Å². The largest absolute Gasteiger partial charge is 0.366 e. The number of nitrogens with two attached hydrogens (primary N) is 1. The Morgan fingerprint density at radius 2 is 1.48 bits per heavy atom. The number of benzene rings is 2. The third-order valence-corrected chi connectivity index (χ3v) is 3.27. The fourth-order valence-electron chi connectivity index (χ4n) is 2.23. The maximum absolute atomic E-state index is 12.5. The molecule has 0 saturated carbocycles. The van der Waals surface area contributed by atoms with Crippen molar-refractivity contribution in [3.8, 4) is 0 Å². The van der Waals surface area contributed by atoms with Crippen LogP contribution in [0.15, 0.2) is 60.7 Å². The van der Waals surface area contributed by atoms with E-state index in [2.05, 4.69) is 4.98 Å². The zero-order valence-corrected chi connectivity index (χ0v) is 11.1. The fourth-order valence-corrected chi connectivity index (χ4v) is 2.23. The summed E-state index contributed by atoms with van der Waals surface area (Å²) in [7, 11) is 0. The van der Waals surface area contributed by atoms with Crippen LogP contribution in [0.3, 0.4) is 0 Å². The van der Waals surface area contributed by atoms with Gasteiger partial charge in [-0.2, -0.15) is 0 Å². The smallest absolute Gasteiger partial charge is 0.249 e. The Bertz CT molecular complexity index is 856. The van der Waals surface area contributed by atoms with Gasteiger partial charge < -0.3 is 5.73 Å². The molecule has 0 fully saturated rings. The number of nitrogens with zero attached hydrogens (tertiary/aromatic N) is 1. The van der Waals surface area contributed by atoms with E-state index in [9.17, 15) is 9.59 Å². The topological polar surface area (TPSA) is 73.1 Å². The summed E-state index contributed by atoms with van der Waals surface area (Å²) < 4.78 is 0. The van der Waals surface area contributed by atoms with Gasteiger partial charge in [-0.1, -0.05) is 42.5 Å². The Labute approximate surface area is 121 Å². The number of ketones is 1. The van der Waals surface area contributed by atoms with Crippen LogP contribution >= 0.6 is 0 Å². The molecule has 0 spiro atoms. The van der Waals surface area contributed by atoms with Crippen LogP contribution in [0, 0.1) is 0 Å². The minimum Gasteiger partial charge on any atom is -0.366 e. The summed E-state index contributed by atoms with van der Waals surface area (Å²) >= 11 is 0. The lowest BCUT2D eigenvalue weighted by Crippen LogP contribution is -2.17. The summed E-state index contributed by atoms with van der Waals surface area (Å²) in [4.78, 5) is 28.3. The molecule has 102 valence electrons. The van der Waals surface area contributed by atoms with Gasteiger partial charge >= 0.3 is 0 Å². The lowest BCUT2D eigenvalue weighted by molar-refractivity contribution is 0.0980. The van der Waals surface area contributed by atoms with E-state index >= 15 is 0 Å². The summed E-state index contributed by atoms with van der Waals surface area (Å²) in [5.41, 5.74) is 6.82. The van der Waals surface area contributed by atoms with Crippen molar-refractivity contribution in [2.24, 2.45) is 5.73 Å². The number of aromatic nitrogens is 1. The molecule has 0 aliphatic heterocycles. The van der Waals surface area contributed by atoms with Crippen LogP contribution in [-0.2, 0) is 0 Å². The van der Waals surface area contributed by atoms with E-state index in [0.29, 0.717) is 5.69 Å². The number of fused-ring (bicyclic) bond motifs is 1. The van der Waals surface area contributed by atoms with E-state index in [1.165, 1.54) is 6.07 Å². The highest BCUT2D eigenvalue weighted by Crippen LogP contribution is 2.16. The molecule has 0 bridgehead atoms. The quantitative estimate of drug-likeness (QED) is 0.747. The standard InChI is InChI=1S/C17H12N2O2/c18-17(21)13-7-3-2-6-12(13)16(20)15-10-9-11-5-1-4-8-14(11)19-15/h1-10H,(H2,18,21). The Kier molecular flexibility index (Phi) is 3.20. The van der Waals surface area contributed by atoms with Crippen LogP contribution in [0.2, 0.25) is 0 Å². The number of primary amides is 1. The minimum atomic E-state index is -0.625. The highest BCUT2D eigenvalue weighted by atomic mass is 16.1. The molecule has 1 amide bonds. The Balaban J connectivity index is 2.10. The second kappa shape index (κ2) is 5.17. The summed E-state index contributed by atoms with van der Waals surface area (Å²) in [6.07, 6.45) is 0. The van der Waals surface area contributed by atoms with Gasteiger partial charge in [0.05, 0.1) is 11.1 Å². The average Bonchev–Trinajstić information content (AvgIpc) is 2.53. The summed E-state index contributed by atoms with van der Waals surface area (Å²) in [5, 5.41) is 0.956. The molecular formula is C17H12N2O2. The molecular weight excluding hydrogens is 264 g/mol. The van der Waals surface area contributed by atoms with Crippen molar-refractivity contribution in [2.75, 3.05) is 0 Å². The molecule has 0 saturated heterocycles. The van der Waals surface area contributed by atoms with E-state index in [1.54, 1.807) is 24.3 Å². The van der Waals surface area contributed by atoms with E-state index in [-0.39, 0.29) is 16.9 Å². The van der Waals surface area contributed by atoms with Gasteiger partial charge in [-0.05, 0) is 18.2 Å². The van der Waals surface area contributed by atoms with Crippen molar-refractivity contribution in [3.05, 3.63) is 77.5 Å². The molecule has 0 atom stereocenters. The van der Waals surface area contributed by atoms with Gasteiger partial charge in [-0.15, -0.1) is 0 Å². The van der Waals surface area contributed by atoms with Crippen molar-refractivity contribution >= 4 is 22.6 Å². The Morgan fingerprint density at radius 3 is 2.24 bits per heavy atom. The van der Waals surface area contributed by atoms with E-state index < -0.39 is 5.91 Å². The number of carbonyl (C=O) groups excluding carboxylic acids is 2. The van der Waals surface area contributed by atoms with Crippen molar-refractivity contribution in [3.63, 3.8) is 0 Å².